The molecule has 10 heavy (non-hydrogen) atoms. The minimum absolute atomic E-state index is 0.932. The zero-order chi connectivity index (χ0) is 7.40. The number of hydrogen-bond donors (Lipinski definition) is 0. The second-order valence-corrected chi connectivity index (χ2v) is 2.94. The zero-order valence-corrected chi connectivity index (χ0v) is 7.26. The Labute approximate surface area is 69.7 Å². The summed E-state index contributed by atoms with van der Waals surface area (Å²) in [7, 11) is 0. The van der Waals surface area contributed by atoms with Crippen LogP contribution in [-0.4, -0.2) is 0 Å². The molecule has 0 atom stereocenters. The van der Waals surface area contributed by atoms with Crippen LogP contribution in [0.15, 0.2) is 41.4 Å². The third kappa shape index (κ3) is 1.71. The van der Waals surface area contributed by atoms with E-state index in [1.54, 1.807) is 0 Å². The molecule has 0 saturated carbocycles. The quantitative estimate of drug-likeness (QED) is 0.638. The first-order valence-corrected chi connectivity index (χ1v) is 3.98. The molecule has 0 aliphatic heterocycles. The Balaban J connectivity index is 2.91. The van der Waals surface area contributed by atoms with Gasteiger partial charge in [-0.1, -0.05) is 40.2 Å². The molecule has 0 amide bonds. The molecule has 1 rings (SSSR count). The van der Waals surface area contributed by atoms with Crippen LogP contribution in [0, 0.1) is 0 Å². The van der Waals surface area contributed by atoms with Crippen LogP contribution in [0.25, 0.3) is 0 Å². The van der Waals surface area contributed by atoms with Crippen molar-refractivity contribution < 1.29 is 0 Å². The Morgan fingerprint density at radius 3 is 2.70 bits per heavy atom. The van der Waals surface area contributed by atoms with E-state index in [9.17, 15) is 0 Å². The number of halogens is 1. The van der Waals surface area contributed by atoms with Gasteiger partial charge in [-0.3, -0.25) is 0 Å². The topological polar surface area (TPSA) is 0 Å². The molecule has 1 heteroatoms. The van der Waals surface area contributed by atoms with Gasteiger partial charge in [0.15, 0.2) is 0 Å². The Kier molecular flexibility index (Phi) is 2.69. The molecule has 0 radical (unpaired) electrons. The number of allylic oxidation sites excluding steroid dienone is 1. The van der Waals surface area contributed by atoms with Gasteiger partial charge >= 0.3 is 0 Å². The molecule has 0 saturated heterocycles. The lowest BCUT2D eigenvalue weighted by atomic mass is 10.2. The van der Waals surface area contributed by atoms with Crippen molar-refractivity contribution in [3.63, 3.8) is 0 Å². The molecular formula is C9H9Br. The maximum atomic E-state index is 3.68. The van der Waals surface area contributed by atoms with Crippen molar-refractivity contribution in [2.75, 3.05) is 0 Å². The van der Waals surface area contributed by atoms with Crippen molar-refractivity contribution >= 4 is 15.9 Å². The van der Waals surface area contributed by atoms with Crippen LogP contribution in [0.2, 0.25) is 0 Å². The van der Waals surface area contributed by atoms with Crippen molar-refractivity contribution in [1.82, 2.24) is 0 Å². The fourth-order valence-corrected chi connectivity index (χ4v) is 1.27. The van der Waals surface area contributed by atoms with E-state index in [-0.39, 0.29) is 0 Å². The predicted octanol–water partition coefficient (Wildman–Crippen LogP) is 3.18. The lowest BCUT2D eigenvalue weighted by molar-refractivity contribution is 1.26. The van der Waals surface area contributed by atoms with Gasteiger partial charge in [-0.15, -0.1) is 6.58 Å². The molecule has 0 spiro atoms. The zero-order valence-electron chi connectivity index (χ0n) is 5.68. The van der Waals surface area contributed by atoms with Crippen molar-refractivity contribution in [2.24, 2.45) is 0 Å². The highest BCUT2D eigenvalue weighted by Crippen LogP contribution is 2.15. The van der Waals surface area contributed by atoms with E-state index in [2.05, 4.69) is 28.6 Å². The summed E-state index contributed by atoms with van der Waals surface area (Å²) in [5.74, 6) is 0. The van der Waals surface area contributed by atoms with E-state index in [0.717, 1.165) is 10.9 Å². The lowest BCUT2D eigenvalue weighted by Crippen LogP contribution is -1.80. The largest absolute Gasteiger partial charge is 0.103 e. The standard InChI is InChI=1S/C9H9Br/c1-2-5-8-6-3-4-7-9(8)10/h2-4,6-7H,1,5H2. The second kappa shape index (κ2) is 3.57. The Hall–Kier alpha value is -0.560. The number of benzene rings is 1. The molecule has 0 fully saturated rings. The molecule has 0 aliphatic rings. The fraction of sp³-hybridized carbons (Fsp3) is 0.111. The Morgan fingerprint density at radius 1 is 1.40 bits per heavy atom. The average Bonchev–Trinajstić information content (AvgIpc) is 1.94. The summed E-state index contributed by atoms with van der Waals surface area (Å²) in [6, 6.07) is 8.17. The fourth-order valence-electron chi connectivity index (χ4n) is 0.819. The highest BCUT2D eigenvalue weighted by molar-refractivity contribution is 9.10. The molecule has 52 valence electrons. The van der Waals surface area contributed by atoms with Crippen molar-refractivity contribution in [1.29, 1.82) is 0 Å². The molecule has 1 aromatic rings. The van der Waals surface area contributed by atoms with Gasteiger partial charge in [0.25, 0.3) is 0 Å². The first-order valence-electron chi connectivity index (χ1n) is 3.19. The van der Waals surface area contributed by atoms with E-state index in [0.29, 0.717) is 0 Å². The Bertz CT molecular complexity index is 228. The molecule has 0 unspecified atom stereocenters. The maximum Gasteiger partial charge on any atom is 0.0210 e. The van der Waals surface area contributed by atoms with E-state index in [4.69, 9.17) is 0 Å². The third-order valence-electron chi connectivity index (χ3n) is 1.32. The first-order chi connectivity index (χ1) is 4.84. The molecule has 1 aromatic carbocycles. The van der Waals surface area contributed by atoms with Gasteiger partial charge in [0, 0.05) is 4.47 Å². The van der Waals surface area contributed by atoms with E-state index in [1.807, 2.05) is 24.3 Å². The highest BCUT2D eigenvalue weighted by Gasteiger charge is 1.92. The summed E-state index contributed by atoms with van der Waals surface area (Å²) in [6.07, 6.45) is 2.83. The SMILES string of the molecule is C=CCc1ccccc1Br. The van der Waals surface area contributed by atoms with Crippen LogP contribution in [0.4, 0.5) is 0 Å². The summed E-state index contributed by atoms with van der Waals surface area (Å²) in [4.78, 5) is 0. The van der Waals surface area contributed by atoms with E-state index < -0.39 is 0 Å². The molecule has 0 N–H and O–H groups in total. The van der Waals surface area contributed by atoms with Gasteiger partial charge < -0.3 is 0 Å². The van der Waals surface area contributed by atoms with Gasteiger partial charge in [-0.2, -0.15) is 0 Å². The monoisotopic (exact) mass is 196 g/mol. The van der Waals surface area contributed by atoms with Gasteiger partial charge in [-0.05, 0) is 18.1 Å². The minimum atomic E-state index is 0.932. The van der Waals surface area contributed by atoms with Crippen LogP contribution >= 0.6 is 15.9 Å². The summed E-state index contributed by atoms with van der Waals surface area (Å²) >= 11 is 3.45. The summed E-state index contributed by atoms with van der Waals surface area (Å²) < 4.78 is 1.16. The van der Waals surface area contributed by atoms with Crippen molar-refractivity contribution in [3.05, 3.63) is 47.0 Å². The second-order valence-electron chi connectivity index (χ2n) is 2.08. The van der Waals surface area contributed by atoms with Gasteiger partial charge in [0.05, 0.1) is 0 Å². The van der Waals surface area contributed by atoms with Crippen molar-refractivity contribution in [2.45, 2.75) is 6.42 Å². The molecular weight excluding hydrogens is 188 g/mol. The average molecular weight is 197 g/mol. The minimum Gasteiger partial charge on any atom is -0.103 e. The van der Waals surface area contributed by atoms with Crippen LogP contribution in [0.5, 0.6) is 0 Å². The smallest absolute Gasteiger partial charge is 0.0210 e. The Morgan fingerprint density at radius 2 is 2.10 bits per heavy atom. The molecule has 0 aromatic heterocycles. The number of hydrogen-bond acceptors (Lipinski definition) is 0. The van der Waals surface area contributed by atoms with Gasteiger partial charge in [0.2, 0.25) is 0 Å². The lowest BCUT2D eigenvalue weighted by Gasteiger charge is -1.97. The van der Waals surface area contributed by atoms with Crippen LogP contribution in [0.3, 0.4) is 0 Å². The number of rotatable bonds is 2. The highest BCUT2D eigenvalue weighted by atomic mass is 79.9. The van der Waals surface area contributed by atoms with Gasteiger partial charge in [-0.25, -0.2) is 0 Å². The normalized spacial score (nSPS) is 9.30. The molecule has 0 aliphatic carbocycles. The van der Waals surface area contributed by atoms with E-state index >= 15 is 0 Å². The predicted molar refractivity (Wildman–Crippen MR) is 48.0 cm³/mol. The van der Waals surface area contributed by atoms with Crippen LogP contribution in [0.1, 0.15) is 5.56 Å². The maximum absolute atomic E-state index is 3.68. The van der Waals surface area contributed by atoms with Gasteiger partial charge in [0.1, 0.15) is 0 Å². The summed E-state index contributed by atoms with van der Waals surface area (Å²) in [5, 5.41) is 0. The summed E-state index contributed by atoms with van der Waals surface area (Å²) in [5.41, 5.74) is 1.29. The third-order valence-corrected chi connectivity index (χ3v) is 2.10. The molecule has 0 heterocycles. The van der Waals surface area contributed by atoms with Crippen LogP contribution in [-0.2, 0) is 6.42 Å². The van der Waals surface area contributed by atoms with Crippen molar-refractivity contribution in [3.8, 4) is 0 Å². The molecule has 0 bridgehead atoms. The molecule has 0 nitrogen and oxygen atoms in total. The van der Waals surface area contributed by atoms with Crippen LogP contribution < -0.4 is 0 Å². The van der Waals surface area contributed by atoms with E-state index in [1.165, 1.54) is 5.56 Å². The first kappa shape index (κ1) is 7.55. The summed E-state index contributed by atoms with van der Waals surface area (Å²) in [6.45, 7) is 3.68.